The van der Waals surface area contributed by atoms with Crippen molar-refractivity contribution < 1.29 is 17.9 Å². The first-order valence-corrected chi connectivity index (χ1v) is 12.6. The van der Waals surface area contributed by atoms with Gasteiger partial charge in [-0.1, -0.05) is 13.3 Å². The molecule has 1 heterocycles. The largest absolute Gasteiger partial charge is 0.492 e. The Hall–Kier alpha value is -1.94. The van der Waals surface area contributed by atoms with Crippen molar-refractivity contribution in [2.75, 3.05) is 45.2 Å². The molecule has 2 aromatic rings. The number of carbonyl (C=O) groups is 1. The Balaban J connectivity index is 1.64. The standard InChI is InChI=1S/C22H28BrN3O4S/c1-3-4-15-30-21-10-5-17(16-20(21)23)22(27)24-18-6-8-19(9-7-18)31(28,29)26-13-11-25(2)12-14-26/h5-10,16H,3-4,11-15H2,1-2H3,(H,24,27). The lowest BCUT2D eigenvalue weighted by atomic mass is 10.2. The number of unbranched alkanes of at least 4 members (excludes halogenated alkanes) is 1. The van der Waals surface area contributed by atoms with Gasteiger partial charge in [0.2, 0.25) is 10.0 Å². The SMILES string of the molecule is CCCCOc1ccc(C(=O)Nc2ccc(S(=O)(=O)N3CCN(C)CC3)cc2)cc1Br. The van der Waals surface area contributed by atoms with Crippen molar-refractivity contribution >= 4 is 37.5 Å². The zero-order valence-electron chi connectivity index (χ0n) is 17.8. The first-order chi connectivity index (χ1) is 14.8. The van der Waals surface area contributed by atoms with Crippen molar-refractivity contribution in [1.82, 2.24) is 9.21 Å². The average Bonchev–Trinajstić information content (AvgIpc) is 2.75. The van der Waals surface area contributed by atoms with Crippen LogP contribution in [0, 0.1) is 0 Å². The number of piperazine rings is 1. The number of hydrogen-bond donors (Lipinski definition) is 1. The van der Waals surface area contributed by atoms with Crippen molar-refractivity contribution in [2.45, 2.75) is 24.7 Å². The Bertz CT molecular complexity index is 1000. The Morgan fingerprint density at radius 1 is 1.10 bits per heavy atom. The number of amides is 1. The van der Waals surface area contributed by atoms with Crippen molar-refractivity contribution in [3.63, 3.8) is 0 Å². The van der Waals surface area contributed by atoms with Crippen LogP contribution < -0.4 is 10.1 Å². The van der Waals surface area contributed by atoms with Gasteiger partial charge in [0.15, 0.2) is 0 Å². The Morgan fingerprint density at radius 3 is 2.39 bits per heavy atom. The van der Waals surface area contributed by atoms with E-state index < -0.39 is 10.0 Å². The number of hydrogen-bond acceptors (Lipinski definition) is 5. The molecule has 1 saturated heterocycles. The van der Waals surface area contributed by atoms with E-state index in [1.54, 1.807) is 30.3 Å². The molecular weight excluding hydrogens is 482 g/mol. The molecule has 1 aliphatic rings. The number of ether oxygens (including phenoxy) is 1. The maximum absolute atomic E-state index is 12.8. The van der Waals surface area contributed by atoms with E-state index in [9.17, 15) is 13.2 Å². The van der Waals surface area contributed by atoms with Crippen LogP contribution in [0.15, 0.2) is 51.8 Å². The molecule has 3 rings (SSSR count). The van der Waals surface area contributed by atoms with Crippen molar-refractivity contribution in [3.8, 4) is 5.75 Å². The summed E-state index contributed by atoms with van der Waals surface area (Å²) in [4.78, 5) is 14.9. The highest BCUT2D eigenvalue weighted by Gasteiger charge is 2.27. The molecule has 1 N–H and O–H groups in total. The molecule has 168 valence electrons. The number of rotatable bonds is 8. The predicted octanol–water partition coefficient (Wildman–Crippen LogP) is 3.82. The van der Waals surface area contributed by atoms with Gasteiger partial charge in [0, 0.05) is 37.4 Å². The molecule has 31 heavy (non-hydrogen) atoms. The van der Waals surface area contributed by atoms with E-state index in [-0.39, 0.29) is 10.8 Å². The second-order valence-electron chi connectivity index (χ2n) is 7.53. The first kappa shape index (κ1) is 23.7. The van der Waals surface area contributed by atoms with Gasteiger partial charge < -0.3 is 15.0 Å². The molecule has 0 unspecified atom stereocenters. The van der Waals surface area contributed by atoms with Gasteiger partial charge in [-0.05, 0) is 71.9 Å². The number of nitrogens with one attached hydrogen (secondary N) is 1. The monoisotopic (exact) mass is 509 g/mol. The van der Waals surface area contributed by atoms with E-state index in [2.05, 4.69) is 33.1 Å². The second-order valence-corrected chi connectivity index (χ2v) is 10.3. The molecule has 0 spiro atoms. The third kappa shape index (κ3) is 6.06. The third-order valence-electron chi connectivity index (χ3n) is 5.16. The summed E-state index contributed by atoms with van der Waals surface area (Å²) in [6, 6.07) is 11.5. The molecule has 0 aromatic heterocycles. The Labute approximate surface area is 192 Å². The molecule has 1 aliphatic heterocycles. The average molecular weight is 510 g/mol. The number of benzene rings is 2. The van der Waals surface area contributed by atoms with Crippen LogP contribution in [0.2, 0.25) is 0 Å². The van der Waals surface area contributed by atoms with Gasteiger partial charge in [0.25, 0.3) is 5.91 Å². The van der Waals surface area contributed by atoms with Crippen molar-refractivity contribution in [2.24, 2.45) is 0 Å². The minimum atomic E-state index is -3.53. The lowest BCUT2D eigenvalue weighted by Gasteiger charge is -2.31. The van der Waals surface area contributed by atoms with Gasteiger partial charge in [0.1, 0.15) is 5.75 Å². The number of sulfonamides is 1. The molecule has 7 nitrogen and oxygen atoms in total. The van der Waals surface area contributed by atoms with Crippen LogP contribution in [0.25, 0.3) is 0 Å². The second kappa shape index (κ2) is 10.6. The summed E-state index contributed by atoms with van der Waals surface area (Å²) >= 11 is 3.45. The van der Waals surface area contributed by atoms with E-state index in [1.807, 2.05) is 7.05 Å². The lowest BCUT2D eigenvalue weighted by molar-refractivity contribution is 0.102. The van der Waals surface area contributed by atoms with Crippen molar-refractivity contribution in [1.29, 1.82) is 0 Å². The Morgan fingerprint density at radius 2 is 1.77 bits per heavy atom. The number of anilines is 1. The normalized spacial score (nSPS) is 15.6. The van der Waals surface area contributed by atoms with Crippen LogP contribution in [0.1, 0.15) is 30.1 Å². The molecule has 0 saturated carbocycles. The summed E-state index contributed by atoms with van der Waals surface area (Å²) in [6.45, 7) is 5.11. The molecular formula is C22H28BrN3O4S. The molecule has 2 aromatic carbocycles. The van der Waals surface area contributed by atoms with Gasteiger partial charge in [-0.3, -0.25) is 4.79 Å². The van der Waals surface area contributed by atoms with Crippen LogP contribution in [-0.4, -0.2) is 63.4 Å². The number of nitrogens with zero attached hydrogens (tertiary/aromatic N) is 2. The van der Waals surface area contributed by atoms with Gasteiger partial charge in [0.05, 0.1) is 16.0 Å². The fourth-order valence-electron chi connectivity index (χ4n) is 3.18. The summed E-state index contributed by atoms with van der Waals surface area (Å²) < 4.78 is 33.5. The third-order valence-corrected chi connectivity index (χ3v) is 7.69. The fourth-order valence-corrected chi connectivity index (χ4v) is 5.09. The highest BCUT2D eigenvalue weighted by atomic mass is 79.9. The zero-order valence-corrected chi connectivity index (χ0v) is 20.2. The summed E-state index contributed by atoms with van der Waals surface area (Å²) in [5.41, 5.74) is 1.01. The van der Waals surface area contributed by atoms with E-state index in [4.69, 9.17) is 4.74 Å². The molecule has 0 atom stereocenters. The Kier molecular flexibility index (Phi) is 8.10. The van der Waals surface area contributed by atoms with E-state index in [0.29, 0.717) is 54.3 Å². The van der Waals surface area contributed by atoms with Crippen LogP contribution in [-0.2, 0) is 10.0 Å². The molecule has 0 bridgehead atoms. The maximum Gasteiger partial charge on any atom is 0.255 e. The van der Waals surface area contributed by atoms with E-state index in [0.717, 1.165) is 12.8 Å². The van der Waals surface area contributed by atoms with Gasteiger partial charge in [-0.25, -0.2) is 8.42 Å². The van der Waals surface area contributed by atoms with E-state index in [1.165, 1.54) is 16.4 Å². The highest BCUT2D eigenvalue weighted by molar-refractivity contribution is 9.10. The maximum atomic E-state index is 12.8. The molecule has 0 radical (unpaired) electrons. The van der Waals surface area contributed by atoms with Crippen LogP contribution >= 0.6 is 15.9 Å². The highest BCUT2D eigenvalue weighted by Crippen LogP contribution is 2.27. The lowest BCUT2D eigenvalue weighted by Crippen LogP contribution is -2.46. The fraction of sp³-hybridized carbons (Fsp3) is 0.409. The number of halogens is 1. The quantitative estimate of drug-likeness (QED) is 0.547. The first-order valence-electron chi connectivity index (χ1n) is 10.3. The van der Waals surface area contributed by atoms with Gasteiger partial charge >= 0.3 is 0 Å². The summed E-state index contributed by atoms with van der Waals surface area (Å²) in [5.74, 6) is 0.416. The van der Waals surface area contributed by atoms with Crippen LogP contribution in [0.3, 0.4) is 0 Å². The minimum absolute atomic E-state index is 0.228. The summed E-state index contributed by atoms with van der Waals surface area (Å²) in [6.07, 6.45) is 2.02. The minimum Gasteiger partial charge on any atom is -0.492 e. The molecule has 1 amide bonds. The topological polar surface area (TPSA) is 78.9 Å². The van der Waals surface area contributed by atoms with Crippen LogP contribution in [0.4, 0.5) is 5.69 Å². The summed E-state index contributed by atoms with van der Waals surface area (Å²) in [5, 5.41) is 2.81. The van der Waals surface area contributed by atoms with Gasteiger partial charge in [-0.2, -0.15) is 4.31 Å². The van der Waals surface area contributed by atoms with E-state index >= 15 is 0 Å². The zero-order chi connectivity index (χ0) is 22.4. The number of carbonyl (C=O) groups excluding carboxylic acids is 1. The number of likely N-dealkylation sites (N-methyl/N-ethyl adjacent to an activating group) is 1. The predicted molar refractivity (Wildman–Crippen MR) is 125 cm³/mol. The molecule has 0 aliphatic carbocycles. The smallest absolute Gasteiger partial charge is 0.255 e. The molecule has 1 fully saturated rings. The van der Waals surface area contributed by atoms with Crippen LogP contribution in [0.5, 0.6) is 5.75 Å². The van der Waals surface area contributed by atoms with Gasteiger partial charge in [-0.15, -0.1) is 0 Å². The molecule has 9 heteroatoms. The van der Waals surface area contributed by atoms with Crippen molar-refractivity contribution in [3.05, 3.63) is 52.5 Å². The summed E-state index contributed by atoms with van der Waals surface area (Å²) in [7, 11) is -1.55.